The normalized spacial score (nSPS) is 9.00. The Morgan fingerprint density at radius 2 is 2.25 bits per heavy atom. The smallest absolute Gasteiger partial charge is 0.293 e. The van der Waals surface area contributed by atoms with Gasteiger partial charge in [-0.1, -0.05) is 0 Å². The van der Waals surface area contributed by atoms with E-state index in [1.807, 2.05) is 0 Å². The second kappa shape index (κ2) is 4.23. The number of ether oxygens (including phenoxy) is 1. The first-order chi connectivity index (χ1) is 5.86. The Bertz CT molecular complexity index is 285. The third-order valence-corrected chi connectivity index (χ3v) is 1.27. The van der Waals surface area contributed by atoms with Crippen LogP contribution in [0.4, 0.5) is 0 Å². The van der Waals surface area contributed by atoms with Gasteiger partial charge in [0.25, 0.3) is 6.47 Å². The molecule has 1 aromatic rings. The van der Waals surface area contributed by atoms with Crippen molar-refractivity contribution in [1.29, 1.82) is 0 Å². The van der Waals surface area contributed by atoms with E-state index in [0.717, 1.165) is 0 Å². The Labute approximate surface area is 69.2 Å². The first kappa shape index (κ1) is 8.39. The van der Waals surface area contributed by atoms with Crippen LogP contribution in [-0.4, -0.2) is 17.7 Å². The van der Waals surface area contributed by atoms with Crippen molar-refractivity contribution < 1.29 is 14.3 Å². The Morgan fingerprint density at radius 1 is 1.42 bits per heavy atom. The molecular formula is C8H7NO3. The predicted octanol–water partition coefficient (Wildman–Crippen LogP) is 0.567. The fraction of sp³-hybridized carbons (Fsp3) is 0.125. The van der Waals surface area contributed by atoms with Crippen molar-refractivity contribution in [1.82, 2.24) is 4.98 Å². The molecule has 1 heterocycles. The summed E-state index contributed by atoms with van der Waals surface area (Å²) in [6.45, 7) is 0.506. The van der Waals surface area contributed by atoms with Gasteiger partial charge in [-0.15, -0.1) is 0 Å². The molecule has 0 aliphatic rings. The van der Waals surface area contributed by atoms with Gasteiger partial charge in [0.2, 0.25) is 0 Å². The van der Waals surface area contributed by atoms with Gasteiger partial charge in [-0.2, -0.15) is 0 Å². The monoisotopic (exact) mass is 165 g/mol. The van der Waals surface area contributed by atoms with Gasteiger partial charge in [0.15, 0.2) is 6.29 Å². The number of carbonyl (C=O) groups excluding carboxylic acids is 2. The third kappa shape index (κ3) is 2.16. The van der Waals surface area contributed by atoms with E-state index < -0.39 is 0 Å². The molecule has 0 radical (unpaired) electrons. The molecule has 0 aliphatic heterocycles. The van der Waals surface area contributed by atoms with Crippen LogP contribution in [0.1, 0.15) is 15.9 Å². The zero-order valence-corrected chi connectivity index (χ0v) is 6.27. The van der Waals surface area contributed by atoms with E-state index in [4.69, 9.17) is 0 Å². The molecular weight excluding hydrogens is 158 g/mol. The van der Waals surface area contributed by atoms with Crippen molar-refractivity contribution in [3.63, 3.8) is 0 Å². The van der Waals surface area contributed by atoms with Crippen molar-refractivity contribution in [3.8, 4) is 0 Å². The summed E-state index contributed by atoms with van der Waals surface area (Å²) in [6.07, 6.45) is 3.67. The predicted molar refractivity (Wildman–Crippen MR) is 40.5 cm³/mol. The molecule has 1 rings (SSSR count). The summed E-state index contributed by atoms with van der Waals surface area (Å²) < 4.78 is 4.48. The molecule has 0 N–H and O–H groups in total. The molecule has 1 aromatic heterocycles. The van der Waals surface area contributed by atoms with E-state index >= 15 is 0 Å². The highest BCUT2D eigenvalue weighted by Crippen LogP contribution is 2.01. The molecule has 12 heavy (non-hydrogen) atoms. The van der Waals surface area contributed by atoms with Gasteiger partial charge in [0, 0.05) is 23.5 Å². The zero-order valence-electron chi connectivity index (χ0n) is 6.27. The Morgan fingerprint density at radius 3 is 2.92 bits per heavy atom. The van der Waals surface area contributed by atoms with Crippen molar-refractivity contribution in [2.75, 3.05) is 0 Å². The van der Waals surface area contributed by atoms with Crippen LogP contribution in [0.15, 0.2) is 18.5 Å². The summed E-state index contributed by atoms with van der Waals surface area (Å²) in [4.78, 5) is 23.9. The molecule has 0 fully saturated rings. The standard InChI is InChI=1S/C8H7NO3/c10-4-7-1-8(3-9-2-7)5-12-6-11/h1-4,6H,5H2. The van der Waals surface area contributed by atoms with E-state index in [9.17, 15) is 9.59 Å². The van der Waals surface area contributed by atoms with E-state index in [1.165, 1.54) is 12.4 Å². The molecule has 0 aliphatic carbocycles. The van der Waals surface area contributed by atoms with Crippen LogP contribution in [0.3, 0.4) is 0 Å². The Hall–Kier alpha value is -1.71. The Kier molecular flexibility index (Phi) is 2.95. The molecule has 0 saturated heterocycles. The molecule has 0 unspecified atom stereocenters. The average molecular weight is 165 g/mol. The van der Waals surface area contributed by atoms with Crippen LogP contribution in [0.5, 0.6) is 0 Å². The lowest BCUT2D eigenvalue weighted by atomic mass is 10.2. The topological polar surface area (TPSA) is 56.3 Å². The number of carbonyl (C=O) groups is 2. The van der Waals surface area contributed by atoms with Gasteiger partial charge in [-0.25, -0.2) is 0 Å². The second-order valence-electron chi connectivity index (χ2n) is 2.15. The molecule has 4 heteroatoms. The maximum Gasteiger partial charge on any atom is 0.293 e. The lowest BCUT2D eigenvalue weighted by Gasteiger charge is -1.98. The van der Waals surface area contributed by atoms with E-state index in [-0.39, 0.29) is 6.61 Å². The van der Waals surface area contributed by atoms with Crippen LogP contribution in [0.25, 0.3) is 0 Å². The van der Waals surface area contributed by atoms with Crippen LogP contribution >= 0.6 is 0 Å². The van der Waals surface area contributed by atoms with Crippen molar-refractivity contribution in [3.05, 3.63) is 29.6 Å². The summed E-state index contributed by atoms with van der Waals surface area (Å²) in [6, 6.07) is 1.61. The van der Waals surface area contributed by atoms with Crippen LogP contribution in [0, 0.1) is 0 Å². The van der Waals surface area contributed by atoms with Gasteiger partial charge in [-0.05, 0) is 6.07 Å². The van der Waals surface area contributed by atoms with Gasteiger partial charge < -0.3 is 4.74 Å². The van der Waals surface area contributed by atoms with Crippen LogP contribution < -0.4 is 0 Å². The molecule has 0 saturated carbocycles. The molecule has 0 atom stereocenters. The van der Waals surface area contributed by atoms with Crippen molar-refractivity contribution >= 4 is 12.8 Å². The summed E-state index contributed by atoms with van der Waals surface area (Å²) in [5.41, 5.74) is 1.17. The average Bonchev–Trinajstić information content (AvgIpc) is 2.15. The lowest BCUT2D eigenvalue weighted by Crippen LogP contribution is -1.92. The van der Waals surface area contributed by atoms with Crippen molar-refractivity contribution in [2.45, 2.75) is 6.61 Å². The first-order valence-corrected chi connectivity index (χ1v) is 3.31. The van der Waals surface area contributed by atoms with Crippen LogP contribution in [-0.2, 0) is 16.1 Å². The molecule has 4 nitrogen and oxygen atoms in total. The molecule has 0 bridgehead atoms. The summed E-state index contributed by atoms with van der Waals surface area (Å²) in [7, 11) is 0. The number of aldehydes is 1. The SMILES string of the molecule is O=COCc1cncc(C=O)c1. The fourth-order valence-corrected chi connectivity index (χ4v) is 0.781. The van der Waals surface area contributed by atoms with Gasteiger partial charge in [0.1, 0.15) is 6.61 Å². The van der Waals surface area contributed by atoms with Gasteiger partial charge >= 0.3 is 0 Å². The molecule has 62 valence electrons. The van der Waals surface area contributed by atoms with Crippen LogP contribution in [0.2, 0.25) is 0 Å². The summed E-state index contributed by atoms with van der Waals surface area (Å²) >= 11 is 0. The lowest BCUT2D eigenvalue weighted by molar-refractivity contribution is -0.129. The summed E-state index contributed by atoms with van der Waals surface area (Å²) in [5.74, 6) is 0. The van der Waals surface area contributed by atoms with Gasteiger partial charge in [0.05, 0.1) is 0 Å². The minimum absolute atomic E-state index is 0.151. The van der Waals surface area contributed by atoms with Crippen molar-refractivity contribution in [2.24, 2.45) is 0 Å². The minimum atomic E-state index is 0.151. The zero-order chi connectivity index (χ0) is 8.81. The van der Waals surface area contributed by atoms with Gasteiger partial charge in [-0.3, -0.25) is 14.6 Å². The number of pyridine rings is 1. The molecule has 0 amide bonds. The first-order valence-electron chi connectivity index (χ1n) is 3.31. The number of nitrogens with zero attached hydrogens (tertiary/aromatic N) is 1. The third-order valence-electron chi connectivity index (χ3n) is 1.27. The van der Waals surface area contributed by atoms with E-state index in [1.54, 1.807) is 6.07 Å². The largest absolute Gasteiger partial charge is 0.463 e. The quantitative estimate of drug-likeness (QED) is 0.612. The van der Waals surface area contributed by atoms with E-state index in [0.29, 0.717) is 23.9 Å². The minimum Gasteiger partial charge on any atom is -0.463 e. The number of hydrogen-bond donors (Lipinski definition) is 0. The number of rotatable bonds is 4. The molecule has 0 spiro atoms. The second-order valence-corrected chi connectivity index (χ2v) is 2.15. The molecule has 0 aromatic carbocycles. The number of hydrogen-bond acceptors (Lipinski definition) is 4. The fourth-order valence-electron chi connectivity index (χ4n) is 0.781. The Balaban J connectivity index is 2.72. The maximum atomic E-state index is 10.3. The van der Waals surface area contributed by atoms with E-state index in [2.05, 4.69) is 9.72 Å². The highest BCUT2D eigenvalue weighted by atomic mass is 16.5. The maximum absolute atomic E-state index is 10.3. The highest BCUT2D eigenvalue weighted by molar-refractivity contribution is 5.74. The number of aromatic nitrogens is 1. The highest BCUT2D eigenvalue weighted by Gasteiger charge is 1.95. The summed E-state index contributed by atoms with van der Waals surface area (Å²) in [5, 5.41) is 0.